The van der Waals surface area contributed by atoms with Crippen LogP contribution in [0.3, 0.4) is 0 Å². The topological polar surface area (TPSA) is 27.6 Å². The van der Waals surface area contributed by atoms with Gasteiger partial charge >= 0.3 is 0 Å². The summed E-state index contributed by atoms with van der Waals surface area (Å²) in [5.74, 6) is 2.75. The molecule has 0 aliphatic heterocycles. The molecule has 0 amide bonds. The Morgan fingerprint density at radius 1 is 1.67 bits per heavy atom. The van der Waals surface area contributed by atoms with E-state index in [1.165, 1.54) is 0 Å². The normalized spacial score (nSPS) is 4.33. The second-order valence-corrected chi connectivity index (χ2v) is 0.707. The largest absolute Gasteiger partial charge is 1.00 e. The first kappa shape index (κ1) is 9.26. The molecule has 2 heteroatoms. The van der Waals surface area contributed by atoms with Crippen LogP contribution in [0.15, 0.2) is 0 Å². The molecule has 0 heterocycles. The van der Waals surface area contributed by atoms with Crippen LogP contribution in [0, 0.1) is 12.0 Å². The lowest BCUT2D eigenvalue weighted by molar-refractivity contribution is -0.247. The lowest BCUT2D eigenvalue weighted by Gasteiger charge is -1.54. The van der Waals surface area contributed by atoms with E-state index < -0.39 is 0 Å². The molecule has 6 heavy (non-hydrogen) atoms. The standard InChI is InChI=1S/C4H7N.ClH/c1-2-3-4-5;/h2,5H2,1H3;1H. The SMILES string of the molecule is CCC#C[NH3+].[Cl-]. The molecule has 1 nitrogen and oxygen atoms in total. The maximum Gasteiger partial charge on any atom is 0.131 e. The summed E-state index contributed by atoms with van der Waals surface area (Å²) in [7, 11) is 0. The van der Waals surface area contributed by atoms with Crippen molar-refractivity contribution in [2.24, 2.45) is 0 Å². The zero-order chi connectivity index (χ0) is 4.12. The molecule has 0 saturated heterocycles. The highest BCUT2D eigenvalue weighted by atomic mass is 35.5. The van der Waals surface area contributed by atoms with E-state index in [0.29, 0.717) is 0 Å². The van der Waals surface area contributed by atoms with Gasteiger partial charge in [-0.25, -0.2) is 0 Å². The van der Waals surface area contributed by atoms with Gasteiger partial charge in [-0.1, -0.05) is 6.92 Å². The van der Waals surface area contributed by atoms with E-state index in [-0.39, 0.29) is 12.4 Å². The van der Waals surface area contributed by atoms with E-state index >= 15 is 0 Å². The second-order valence-electron chi connectivity index (χ2n) is 0.707. The van der Waals surface area contributed by atoms with Gasteiger partial charge < -0.3 is 12.4 Å². The summed E-state index contributed by atoms with van der Waals surface area (Å²) >= 11 is 0. The number of halogens is 1. The monoisotopic (exact) mass is 105 g/mol. The van der Waals surface area contributed by atoms with Gasteiger partial charge in [-0.2, -0.15) is 0 Å². The van der Waals surface area contributed by atoms with Gasteiger partial charge in [0.2, 0.25) is 0 Å². The zero-order valence-corrected chi connectivity index (χ0v) is 4.55. The average molecular weight is 106 g/mol. The van der Waals surface area contributed by atoms with Gasteiger partial charge in [-0.3, -0.25) is 5.73 Å². The Morgan fingerprint density at radius 2 is 2.17 bits per heavy atom. The third kappa shape index (κ3) is 9.18. The smallest absolute Gasteiger partial charge is 0.131 e. The Balaban J connectivity index is 0. The van der Waals surface area contributed by atoms with Gasteiger partial charge in [-0.05, 0) is 5.92 Å². The molecule has 36 valence electrons. The number of rotatable bonds is 0. The second kappa shape index (κ2) is 8.84. The van der Waals surface area contributed by atoms with Crippen LogP contribution in [-0.2, 0) is 0 Å². The minimum Gasteiger partial charge on any atom is -1.00 e. The summed E-state index contributed by atoms with van der Waals surface area (Å²) < 4.78 is 0. The van der Waals surface area contributed by atoms with Gasteiger partial charge in [0.1, 0.15) is 6.04 Å². The maximum atomic E-state index is 3.31. The average Bonchev–Trinajstić information content (AvgIpc) is 1.41. The van der Waals surface area contributed by atoms with Crippen molar-refractivity contribution < 1.29 is 18.1 Å². The summed E-state index contributed by atoms with van der Waals surface area (Å²) in [6, 6.07) is 2.52. The van der Waals surface area contributed by atoms with Crippen molar-refractivity contribution in [3.05, 3.63) is 0 Å². The molecule has 0 aliphatic carbocycles. The summed E-state index contributed by atoms with van der Waals surface area (Å²) in [4.78, 5) is 0. The first-order chi connectivity index (χ1) is 2.41. The molecule has 0 aliphatic rings. The van der Waals surface area contributed by atoms with Crippen molar-refractivity contribution in [2.45, 2.75) is 13.3 Å². The Kier molecular flexibility index (Phi) is 13.6. The molecule has 0 radical (unpaired) electrons. The van der Waals surface area contributed by atoms with E-state index in [0.717, 1.165) is 6.42 Å². The van der Waals surface area contributed by atoms with Gasteiger partial charge in [0.05, 0.1) is 0 Å². The molecule has 0 aromatic heterocycles. The minimum absolute atomic E-state index is 0. The fraction of sp³-hybridized carbons (Fsp3) is 0.500. The predicted octanol–water partition coefficient (Wildman–Crippen LogP) is -3.40. The molecule has 0 fully saturated rings. The van der Waals surface area contributed by atoms with Crippen molar-refractivity contribution in [1.82, 2.24) is 0 Å². The molecule has 0 spiro atoms. The van der Waals surface area contributed by atoms with Gasteiger partial charge in [0.25, 0.3) is 0 Å². The van der Waals surface area contributed by atoms with Crippen molar-refractivity contribution in [3.63, 3.8) is 0 Å². The fourth-order valence-corrected chi connectivity index (χ4v) is 0.125. The van der Waals surface area contributed by atoms with Gasteiger partial charge in [0, 0.05) is 6.42 Å². The third-order valence-electron chi connectivity index (χ3n) is 0.302. The Morgan fingerprint density at radius 3 is 2.17 bits per heavy atom. The lowest BCUT2D eigenvalue weighted by Crippen LogP contribution is -3.00. The molecule has 0 atom stereocenters. The molecule has 0 saturated carbocycles. The maximum absolute atomic E-state index is 3.31. The lowest BCUT2D eigenvalue weighted by atomic mass is 10.5. The van der Waals surface area contributed by atoms with Crippen molar-refractivity contribution >= 4 is 0 Å². The summed E-state index contributed by atoms with van der Waals surface area (Å²) in [5.41, 5.74) is 3.31. The van der Waals surface area contributed by atoms with E-state index in [2.05, 4.69) is 17.7 Å². The van der Waals surface area contributed by atoms with E-state index in [4.69, 9.17) is 0 Å². The van der Waals surface area contributed by atoms with Gasteiger partial charge in [-0.15, -0.1) is 0 Å². The fourth-order valence-electron chi connectivity index (χ4n) is 0.125. The number of hydrogen-bond acceptors (Lipinski definition) is 0. The quantitative estimate of drug-likeness (QED) is 0.311. The van der Waals surface area contributed by atoms with Crippen LogP contribution in [0.2, 0.25) is 0 Å². The van der Waals surface area contributed by atoms with Crippen LogP contribution >= 0.6 is 0 Å². The highest BCUT2D eigenvalue weighted by Gasteiger charge is 1.52. The molecule has 0 unspecified atom stereocenters. The van der Waals surface area contributed by atoms with Crippen LogP contribution < -0.4 is 18.1 Å². The zero-order valence-electron chi connectivity index (χ0n) is 3.79. The molecule has 0 aromatic carbocycles. The van der Waals surface area contributed by atoms with Crippen molar-refractivity contribution in [3.8, 4) is 12.0 Å². The van der Waals surface area contributed by atoms with Crippen molar-refractivity contribution in [2.75, 3.05) is 0 Å². The molecule has 3 N–H and O–H groups in total. The molecule has 0 rings (SSSR count). The Bertz CT molecular complexity index is 59.7. The first-order valence-corrected chi connectivity index (χ1v) is 1.66. The first-order valence-electron chi connectivity index (χ1n) is 1.66. The molecular weight excluding hydrogens is 97.5 g/mol. The summed E-state index contributed by atoms with van der Waals surface area (Å²) in [5, 5.41) is 0. The Hall–Kier alpha value is -0.190. The predicted molar refractivity (Wildman–Crippen MR) is 21.0 cm³/mol. The number of quaternary nitrogens is 1. The highest BCUT2D eigenvalue weighted by molar-refractivity contribution is 4.85. The van der Waals surface area contributed by atoms with Gasteiger partial charge in [0.15, 0.2) is 0 Å². The van der Waals surface area contributed by atoms with Crippen LogP contribution in [0.25, 0.3) is 0 Å². The molecular formula is C4H8ClN. The highest BCUT2D eigenvalue weighted by Crippen LogP contribution is 1.59. The van der Waals surface area contributed by atoms with E-state index in [1.54, 1.807) is 0 Å². The minimum atomic E-state index is 0. The summed E-state index contributed by atoms with van der Waals surface area (Å²) in [6.07, 6.45) is 0.920. The van der Waals surface area contributed by atoms with Crippen LogP contribution in [-0.4, -0.2) is 0 Å². The molecule has 0 bridgehead atoms. The number of hydrogen-bond donors (Lipinski definition) is 1. The third-order valence-corrected chi connectivity index (χ3v) is 0.302. The Labute approximate surface area is 44.3 Å². The molecule has 0 aromatic rings. The van der Waals surface area contributed by atoms with Crippen LogP contribution in [0.1, 0.15) is 13.3 Å². The summed E-state index contributed by atoms with van der Waals surface area (Å²) in [6.45, 7) is 2.00. The van der Waals surface area contributed by atoms with Crippen LogP contribution in [0.5, 0.6) is 0 Å². The van der Waals surface area contributed by atoms with E-state index in [1.807, 2.05) is 6.92 Å². The van der Waals surface area contributed by atoms with Crippen LogP contribution in [0.4, 0.5) is 0 Å². The van der Waals surface area contributed by atoms with Crippen molar-refractivity contribution in [1.29, 1.82) is 0 Å². The van der Waals surface area contributed by atoms with E-state index in [9.17, 15) is 0 Å².